The van der Waals surface area contributed by atoms with Crippen LogP contribution in [0.4, 0.5) is 0 Å². The minimum atomic E-state index is -3.68. The fourth-order valence-corrected chi connectivity index (χ4v) is 2.63. The van der Waals surface area contributed by atoms with Gasteiger partial charge in [0.2, 0.25) is 0 Å². The van der Waals surface area contributed by atoms with E-state index < -0.39 is 10.0 Å². The van der Waals surface area contributed by atoms with Gasteiger partial charge >= 0.3 is 0 Å². The Bertz CT molecular complexity index is 783. The van der Waals surface area contributed by atoms with Crippen LogP contribution in [0.25, 0.3) is 6.08 Å². The first kappa shape index (κ1) is 16.3. The zero-order chi connectivity index (χ0) is 16.0. The Morgan fingerprint density at radius 1 is 1.09 bits per heavy atom. The van der Waals surface area contributed by atoms with E-state index in [0.29, 0.717) is 5.02 Å². The summed E-state index contributed by atoms with van der Waals surface area (Å²) < 4.78 is 24.0. The van der Waals surface area contributed by atoms with E-state index in [4.69, 9.17) is 11.6 Å². The van der Waals surface area contributed by atoms with E-state index in [-0.39, 0.29) is 4.90 Å². The molecule has 0 aromatic heterocycles. The van der Waals surface area contributed by atoms with Crippen molar-refractivity contribution in [3.63, 3.8) is 0 Å². The highest BCUT2D eigenvalue weighted by Crippen LogP contribution is 2.13. The average Bonchev–Trinajstić information content (AvgIpc) is 2.48. The zero-order valence-electron chi connectivity index (χ0n) is 11.9. The van der Waals surface area contributed by atoms with Gasteiger partial charge in [-0.1, -0.05) is 48.0 Å². The lowest BCUT2D eigenvalue weighted by molar-refractivity contribution is 0.584. The second-order valence-electron chi connectivity index (χ2n) is 4.61. The Hall–Kier alpha value is -2.11. The molecule has 0 aliphatic heterocycles. The first-order valence-electron chi connectivity index (χ1n) is 6.51. The van der Waals surface area contributed by atoms with Gasteiger partial charge in [0.1, 0.15) is 0 Å². The van der Waals surface area contributed by atoms with Crippen LogP contribution in [0.3, 0.4) is 0 Å². The van der Waals surface area contributed by atoms with Crippen LogP contribution in [0.1, 0.15) is 12.5 Å². The predicted octanol–water partition coefficient (Wildman–Crippen LogP) is 3.71. The highest BCUT2D eigenvalue weighted by Gasteiger charge is 2.11. The molecular weight excluding hydrogens is 320 g/mol. The lowest BCUT2D eigenvalue weighted by Crippen LogP contribution is -2.18. The van der Waals surface area contributed by atoms with Gasteiger partial charge in [0.25, 0.3) is 10.0 Å². The number of sulfonamides is 1. The van der Waals surface area contributed by atoms with E-state index in [9.17, 15) is 8.42 Å². The van der Waals surface area contributed by atoms with Crippen molar-refractivity contribution < 1.29 is 8.42 Å². The standard InChI is InChI=1S/C16H15ClN2O2S/c1-13(11-14-5-3-2-4-6-14)12-18-19-22(20,21)16-9-7-15(17)8-10-16/h2-12,19H,1H3/b13-11-,18-12-. The minimum absolute atomic E-state index is 0.110. The summed E-state index contributed by atoms with van der Waals surface area (Å²) in [6.45, 7) is 1.84. The Balaban J connectivity index is 2.05. The number of allylic oxidation sites excluding steroid dienone is 1. The molecule has 0 heterocycles. The maximum absolute atomic E-state index is 12.0. The smallest absolute Gasteiger partial charge is 0.200 e. The molecular formula is C16H15ClN2O2S. The normalized spacial score (nSPS) is 12.5. The van der Waals surface area contributed by atoms with Crippen molar-refractivity contribution in [3.8, 4) is 0 Å². The number of hydrazone groups is 1. The second kappa shape index (κ2) is 7.24. The van der Waals surface area contributed by atoms with E-state index in [2.05, 4.69) is 9.93 Å². The molecule has 4 nitrogen and oxygen atoms in total. The molecule has 2 aromatic carbocycles. The van der Waals surface area contributed by atoms with Gasteiger partial charge in [-0.05, 0) is 42.3 Å². The summed E-state index contributed by atoms with van der Waals surface area (Å²) in [4.78, 5) is 2.28. The summed E-state index contributed by atoms with van der Waals surface area (Å²) in [5.41, 5.74) is 1.84. The van der Waals surface area contributed by atoms with Crippen LogP contribution in [0.2, 0.25) is 5.02 Å². The van der Waals surface area contributed by atoms with Crippen LogP contribution in [0, 0.1) is 0 Å². The van der Waals surface area contributed by atoms with Gasteiger partial charge in [0.15, 0.2) is 0 Å². The van der Waals surface area contributed by atoms with Crippen molar-refractivity contribution in [3.05, 3.63) is 70.8 Å². The molecule has 2 rings (SSSR count). The molecule has 0 unspecified atom stereocenters. The van der Waals surface area contributed by atoms with Crippen LogP contribution in [-0.2, 0) is 10.0 Å². The summed E-state index contributed by atoms with van der Waals surface area (Å²) in [6.07, 6.45) is 3.36. The Labute approximate surface area is 135 Å². The van der Waals surface area contributed by atoms with Crippen molar-refractivity contribution in [2.45, 2.75) is 11.8 Å². The molecule has 114 valence electrons. The number of nitrogens with zero attached hydrogens (tertiary/aromatic N) is 1. The third-order valence-corrected chi connectivity index (χ3v) is 4.25. The first-order chi connectivity index (χ1) is 10.5. The third-order valence-electron chi connectivity index (χ3n) is 2.76. The van der Waals surface area contributed by atoms with Gasteiger partial charge in [-0.3, -0.25) is 0 Å². The lowest BCUT2D eigenvalue weighted by Gasteiger charge is -2.03. The van der Waals surface area contributed by atoms with E-state index in [1.54, 1.807) is 0 Å². The fourth-order valence-electron chi connectivity index (χ4n) is 1.71. The summed E-state index contributed by atoms with van der Waals surface area (Å²) in [7, 11) is -3.68. The molecule has 0 aliphatic carbocycles. The molecule has 0 atom stereocenters. The molecule has 0 saturated carbocycles. The highest BCUT2D eigenvalue weighted by molar-refractivity contribution is 7.89. The van der Waals surface area contributed by atoms with Crippen molar-refractivity contribution >= 4 is 33.9 Å². The van der Waals surface area contributed by atoms with Crippen molar-refractivity contribution in [2.75, 3.05) is 0 Å². The van der Waals surface area contributed by atoms with Crippen LogP contribution in [0.15, 0.2) is 70.2 Å². The Morgan fingerprint density at radius 2 is 1.73 bits per heavy atom. The van der Waals surface area contributed by atoms with Crippen LogP contribution in [0.5, 0.6) is 0 Å². The molecule has 0 saturated heterocycles. The lowest BCUT2D eigenvalue weighted by atomic mass is 10.1. The maximum atomic E-state index is 12.0. The van der Waals surface area contributed by atoms with Crippen molar-refractivity contribution in [1.82, 2.24) is 4.83 Å². The van der Waals surface area contributed by atoms with E-state index in [1.165, 1.54) is 30.5 Å². The number of nitrogens with one attached hydrogen (secondary N) is 1. The van der Waals surface area contributed by atoms with Crippen molar-refractivity contribution in [2.24, 2.45) is 5.10 Å². The van der Waals surface area contributed by atoms with Gasteiger partial charge in [-0.2, -0.15) is 13.5 Å². The average molecular weight is 335 g/mol. The molecule has 0 amide bonds. The van der Waals surface area contributed by atoms with Crippen LogP contribution < -0.4 is 4.83 Å². The quantitative estimate of drug-likeness (QED) is 0.669. The molecule has 0 spiro atoms. The van der Waals surface area contributed by atoms with Gasteiger partial charge in [0.05, 0.1) is 11.1 Å². The topological polar surface area (TPSA) is 58.5 Å². The number of hydrogen-bond acceptors (Lipinski definition) is 3. The van der Waals surface area contributed by atoms with Crippen LogP contribution in [-0.4, -0.2) is 14.6 Å². The van der Waals surface area contributed by atoms with E-state index in [0.717, 1.165) is 11.1 Å². The highest BCUT2D eigenvalue weighted by atomic mass is 35.5. The molecule has 0 radical (unpaired) electrons. The molecule has 2 aromatic rings. The Morgan fingerprint density at radius 3 is 2.36 bits per heavy atom. The minimum Gasteiger partial charge on any atom is -0.200 e. The first-order valence-corrected chi connectivity index (χ1v) is 8.37. The predicted molar refractivity (Wildman–Crippen MR) is 90.4 cm³/mol. The fraction of sp³-hybridized carbons (Fsp3) is 0.0625. The molecule has 0 fully saturated rings. The van der Waals surface area contributed by atoms with Crippen molar-refractivity contribution in [1.29, 1.82) is 0 Å². The van der Waals surface area contributed by atoms with Gasteiger partial charge < -0.3 is 0 Å². The van der Waals surface area contributed by atoms with Crippen LogP contribution >= 0.6 is 11.6 Å². The summed E-state index contributed by atoms with van der Waals surface area (Å²) in [6, 6.07) is 15.6. The van der Waals surface area contributed by atoms with Gasteiger partial charge in [-0.15, -0.1) is 0 Å². The molecule has 1 N–H and O–H groups in total. The number of rotatable bonds is 5. The molecule has 6 heteroatoms. The molecule has 22 heavy (non-hydrogen) atoms. The third kappa shape index (κ3) is 4.72. The molecule has 0 aliphatic rings. The SMILES string of the molecule is CC(/C=N\NS(=O)(=O)c1ccc(Cl)cc1)=C/c1ccccc1. The Kier molecular flexibility index (Phi) is 5.35. The summed E-state index contributed by atoms with van der Waals surface area (Å²) in [5.74, 6) is 0. The maximum Gasteiger partial charge on any atom is 0.276 e. The second-order valence-corrected chi connectivity index (χ2v) is 6.70. The zero-order valence-corrected chi connectivity index (χ0v) is 13.5. The van der Waals surface area contributed by atoms with Gasteiger partial charge in [0, 0.05) is 5.02 Å². The summed E-state index contributed by atoms with van der Waals surface area (Å²) in [5, 5.41) is 4.25. The summed E-state index contributed by atoms with van der Waals surface area (Å²) >= 11 is 5.73. The van der Waals surface area contributed by atoms with Gasteiger partial charge in [-0.25, -0.2) is 4.83 Å². The number of halogens is 1. The largest absolute Gasteiger partial charge is 0.276 e. The van der Waals surface area contributed by atoms with E-state index in [1.807, 2.05) is 43.3 Å². The van der Waals surface area contributed by atoms with E-state index >= 15 is 0 Å². The number of hydrogen-bond donors (Lipinski definition) is 1. The monoisotopic (exact) mass is 334 g/mol. The number of benzene rings is 2. The molecule has 0 bridgehead atoms.